The van der Waals surface area contributed by atoms with Crippen molar-refractivity contribution in [1.82, 2.24) is 10.1 Å². The van der Waals surface area contributed by atoms with Gasteiger partial charge in [0.05, 0.1) is 12.7 Å². The van der Waals surface area contributed by atoms with E-state index in [0.717, 1.165) is 5.56 Å². The summed E-state index contributed by atoms with van der Waals surface area (Å²) in [5.74, 6) is 1.20. The molecule has 1 heterocycles. The van der Waals surface area contributed by atoms with Gasteiger partial charge < -0.3 is 14.0 Å². The second kappa shape index (κ2) is 8.14. The molecule has 0 amide bonds. The summed E-state index contributed by atoms with van der Waals surface area (Å²) >= 11 is 0. The third-order valence-electron chi connectivity index (χ3n) is 4.47. The van der Waals surface area contributed by atoms with E-state index in [9.17, 15) is 4.39 Å². The number of halogens is 1. The molecular weight excluding hydrogens is 371 g/mol. The molecule has 0 fully saturated rings. The van der Waals surface area contributed by atoms with E-state index in [1.54, 1.807) is 37.4 Å². The van der Waals surface area contributed by atoms with Crippen molar-refractivity contribution in [2.75, 3.05) is 7.11 Å². The van der Waals surface area contributed by atoms with Crippen LogP contribution in [0.25, 0.3) is 22.8 Å². The first kappa shape index (κ1) is 18.7. The van der Waals surface area contributed by atoms with Crippen LogP contribution in [-0.4, -0.2) is 17.3 Å². The van der Waals surface area contributed by atoms with E-state index in [2.05, 4.69) is 10.1 Å². The smallest absolute Gasteiger partial charge is 0.261 e. The van der Waals surface area contributed by atoms with Crippen molar-refractivity contribution in [3.05, 3.63) is 83.7 Å². The number of ether oxygens (including phenoxy) is 2. The topological polar surface area (TPSA) is 57.4 Å². The highest BCUT2D eigenvalue weighted by molar-refractivity contribution is 5.63. The lowest BCUT2D eigenvalue weighted by molar-refractivity contribution is 0.284. The van der Waals surface area contributed by atoms with Gasteiger partial charge in [-0.15, -0.1) is 0 Å². The summed E-state index contributed by atoms with van der Waals surface area (Å²) in [5, 5.41) is 3.96. The summed E-state index contributed by atoms with van der Waals surface area (Å²) in [6.45, 7) is 2.47. The Balaban J connectivity index is 1.55. The number of benzene rings is 3. The van der Waals surface area contributed by atoms with Crippen LogP contribution in [0.3, 0.4) is 0 Å². The minimum absolute atomic E-state index is 0.122. The van der Waals surface area contributed by atoms with Gasteiger partial charge in [0, 0.05) is 5.56 Å². The summed E-state index contributed by atoms with van der Waals surface area (Å²) in [5.41, 5.74) is 3.20. The quantitative estimate of drug-likeness (QED) is 0.439. The summed E-state index contributed by atoms with van der Waals surface area (Å²) in [4.78, 5) is 4.30. The number of nitrogens with zero attached hydrogens (tertiary/aromatic N) is 2. The van der Waals surface area contributed by atoms with Gasteiger partial charge in [0.25, 0.3) is 5.89 Å². The average Bonchev–Trinajstić information content (AvgIpc) is 3.23. The number of hydrogen-bond acceptors (Lipinski definition) is 5. The first-order valence-corrected chi connectivity index (χ1v) is 9.09. The molecule has 0 unspecified atom stereocenters. The standard InChI is InChI=1S/C23H19FN2O3/c1-15-7-9-16(10-8-15)14-28-20-12-11-17(13-21(20)27-2)22-25-23(29-26-22)18-5-3-4-6-19(18)24/h3-13H,14H2,1-2H3. The lowest BCUT2D eigenvalue weighted by Gasteiger charge is -2.11. The van der Waals surface area contributed by atoms with Crippen LogP contribution < -0.4 is 9.47 Å². The van der Waals surface area contributed by atoms with E-state index in [-0.39, 0.29) is 11.5 Å². The molecule has 4 rings (SSSR count). The van der Waals surface area contributed by atoms with E-state index >= 15 is 0 Å². The maximum atomic E-state index is 13.9. The van der Waals surface area contributed by atoms with Crippen LogP contribution >= 0.6 is 0 Å². The van der Waals surface area contributed by atoms with Crippen LogP contribution in [0.1, 0.15) is 11.1 Å². The van der Waals surface area contributed by atoms with Gasteiger partial charge in [0.15, 0.2) is 11.5 Å². The Bertz CT molecular complexity index is 1120. The van der Waals surface area contributed by atoms with E-state index in [0.29, 0.717) is 29.5 Å². The third-order valence-corrected chi connectivity index (χ3v) is 4.47. The van der Waals surface area contributed by atoms with Crippen LogP contribution in [0.5, 0.6) is 11.5 Å². The van der Waals surface area contributed by atoms with Crippen LogP contribution in [0.15, 0.2) is 71.3 Å². The average molecular weight is 390 g/mol. The molecule has 0 bridgehead atoms. The Morgan fingerprint density at radius 3 is 2.52 bits per heavy atom. The van der Waals surface area contributed by atoms with Crippen LogP contribution in [-0.2, 0) is 6.61 Å². The fourth-order valence-corrected chi connectivity index (χ4v) is 2.86. The number of aryl methyl sites for hydroxylation is 1. The molecule has 0 radical (unpaired) electrons. The Morgan fingerprint density at radius 2 is 1.76 bits per heavy atom. The van der Waals surface area contributed by atoms with Crippen molar-refractivity contribution >= 4 is 0 Å². The van der Waals surface area contributed by atoms with Crippen molar-refractivity contribution in [2.45, 2.75) is 13.5 Å². The molecule has 0 saturated heterocycles. The van der Waals surface area contributed by atoms with Crippen molar-refractivity contribution in [1.29, 1.82) is 0 Å². The minimum Gasteiger partial charge on any atom is -0.493 e. The van der Waals surface area contributed by atoms with E-state index in [1.807, 2.05) is 37.3 Å². The Morgan fingerprint density at radius 1 is 0.966 bits per heavy atom. The van der Waals surface area contributed by atoms with Gasteiger partial charge in [-0.2, -0.15) is 4.98 Å². The molecule has 0 spiro atoms. The minimum atomic E-state index is -0.417. The molecular formula is C23H19FN2O3. The summed E-state index contributed by atoms with van der Waals surface area (Å²) in [7, 11) is 1.57. The summed E-state index contributed by atoms with van der Waals surface area (Å²) in [6.07, 6.45) is 0. The number of rotatable bonds is 6. The molecule has 4 aromatic rings. The molecule has 5 nitrogen and oxygen atoms in total. The summed E-state index contributed by atoms with van der Waals surface area (Å²) in [6, 6.07) is 19.8. The molecule has 0 saturated carbocycles. The third kappa shape index (κ3) is 4.11. The highest BCUT2D eigenvalue weighted by Crippen LogP contribution is 2.33. The molecule has 3 aromatic carbocycles. The van der Waals surface area contributed by atoms with Crippen molar-refractivity contribution in [2.24, 2.45) is 0 Å². The van der Waals surface area contributed by atoms with Crippen molar-refractivity contribution in [3.8, 4) is 34.3 Å². The molecule has 0 aliphatic rings. The number of hydrogen-bond donors (Lipinski definition) is 0. The number of methoxy groups -OCH3 is 1. The van der Waals surface area contributed by atoms with Gasteiger partial charge in [0.1, 0.15) is 12.4 Å². The Labute approximate surface area is 167 Å². The van der Waals surface area contributed by atoms with Gasteiger partial charge in [0.2, 0.25) is 5.82 Å². The van der Waals surface area contributed by atoms with E-state index in [1.165, 1.54) is 11.6 Å². The molecule has 0 atom stereocenters. The van der Waals surface area contributed by atoms with Gasteiger partial charge in [-0.1, -0.05) is 47.1 Å². The normalized spacial score (nSPS) is 10.7. The second-order valence-corrected chi connectivity index (χ2v) is 6.54. The fraction of sp³-hybridized carbons (Fsp3) is 0.130. The largest absolute Gasteiger partial charge is 0.493 e. The van der Waals surface area contributed by atoms with Crippen molar-refractivity contribution < 1.29 is 18.4 Å². The van der Waals surface area contributed by atoms with Crippen LogP contribution in [0, 0.1) is 12.7 Å². The second-order valence-electron chi connectivity index (χ2n) is 6.54. The predicted molar refractivity (Wildman–Crippen MR) is 107 cm³/mol. The molecule has 29 heavy (non-hydrogen) atoms. The van der Waals surface area contributed by atoms with Crippen LogP contribution in [0.2, 0.25) is 0 Å². The molecule has 146 valence electrons. The monoisotopic (exact) mass is 390 g/mol. The summed E-state index contributed by atoms with van der Waals surface area (Å²) < 4.78 is 30.5. The zero-order valence-corrected chi connectivity index (χ0v) is 16.1. The van der Waals surface area contributed by atoms with Gasteiger partial charge in [-0.25, -0.2) is 4.39 Å². The predicted octanol–water partition coefficient (Wildman–Crippen LogP) is 5.44. The zero-order valence-electron chi connectivity index (χ0n) is 16.1. The highest BCUT2D eigenvalue weighted by atomic mass is 19.1. The molecule has 0 aliphatic heterocycles. The Kier molecular flexibility index (Phi) is 5.24. The molecule has 0 N–H and O–H groups in total. The van der Waals surface area contributed by atoms with Gasteiger partial charge >= 0.3 is 0 Å². The highest BCUT2D eigenvalue weighted by Gasteiger charge is 2.15. The fourth-order valence-electron chi connectivity index (χ4n) is 2.86. The molecule has 6 heteroatoms. The van der Waals surface area contributed by atoms with Crippen molar-refractivity contribution in [3.63, 3.8) is 0 Å². The van der Waals surface area contributed by atoms with Crippen LogP contribution in [0.4, 0.5) is 4.39 Å². The zero-order chi connectivity index (χ0) is 20.2. The van der Waals surface area contributed by atoms with Gasteiger partial charge in [-0.3, -0.25) is 0 Å². The Hall–Kier alpha value is -3.67. The molecule has 0 aliphatic carbocycles. The lowest BCUT2D eigenvalue weighted by Crippen LogP contribution is -1.98. The number of aromatic nitrogens is 2. The SMILES string of the molecule is COc1cc(-c2noc(-c3ccccc3F)n2)ccc1OCc1ccc(C)cc1. The first-order valence-electron chi connectivity index (χ1n) is 9.09. The first-order chi connectivity index (χ1) is 14.1. The van der Waals surface area contributed by atoms with E-state index in [4.69, 9.17) is 14.0 Å². The maximum Gasteiger partial charge on any atom is 0.261 e. The lowest BCUT2D eigenvalue weighted by atomic mass is 10.1. The maximum absolute atomic E-state index is 13.9. The van der Waals surface area contributed by atoms with Gasteiger partial charge in [-0.05, 0) is 42.8 Å². The molecule has 1 aromatic heterocycles. The van der Waals surface area contributed by atoms with E-state index < -0.39 is 5.82 Å².